The summed E-state index contributed by atoms with van der Waals surface area (Å²) in [5.41, 5.74) is 1.65. The Kier molecular flexibility index (Phi) is 6.66. The molecule has 0 radical (unpaired) electrons. The molecule has 1 aliphatic heterocycles. The predicted molar refractivity (Wildman–Crippen MR) is 116 cm³/mol. The number of phenols is 1. The van der Waals surface area contributed by atoms with Crippen molar-refractivity contribution in [3.63, 3.8) is 0 Å². The molecule has 29 heavy (non-hydrogen) atoms. The van der Waals surface area contributed by atoms with Crippen LogP contribution in [0.25, 0.3) is 6.08 Å². The van der Waals surface area contributed by atoms with Gasteiger partial charge in [-0.15, -0.1) is 0 Å². The van der Waals surface area contributed by atoms with E-state index in [4.69, 9.17) is 12.2 Å². The fraction of sp³-hybridized carbons (Fsp3) is 0.190. The van der Waals surface area contributed by atoms with Gasteiger partial charge in [-0.3, -0.25) is 14.5 Å². The number of carbonyl (C=O) groups excluding carboxylic acids is 2. The van der Waals surface area contributed by atoms with E-state index >= 15 is 0 Å². The van der Waals surface area contributed by atoms with Crippen LogP contribution in [0, 0.1) is 5.82 Å². The maximum absolute atomic E-state index is 13.0. The van der Waals surface area contributed by atoms with Crippen LogP contribution in [-0.4, -0.2) is 38.7 Å². The molecular weight excluding hydrogens is 411 g/mol. The minimum Gasteiger partial charge on any atom is -0.508 e. The molecule has 1 saturated heterocycles. The van der Waals surface area contributed by atoms with Crippen molar-refractivity contribution in [3.8, 4) is 5.75 Å². The highest BCUT2D eigenvalue weighted by Gasteiger charge is 2.38. The number of aromatic hydroxyl groups is 1. The third-order valence-electron chi connectivity index (χ3n) is 4.41. The summed E-state index contributed by atoms with van der Waals surface area (Å²) < 4.78 is 13.4. The van der Waals surface area contributed by atoms with Crippen LogP contribution in [0.2, 0.25) is 0 Å². The Morgan fingerprint density at radius 1 is 1.24 bits per heavy atom. The molecule has 2 aromatic carbocycles. The largest absolute Gasteiger partial charge is 0.508 e. The molecule has 150 valence electrons. The number of rotatable bonds is 6. The van der Waals surface area contributed by atoms with Crippen LogP contribution >= 0.6 is 24.0 Å². The molecule has 0 spiro atoms. The van der Waals surface area contributed by atoms with Crippen molar-refractivity contribution in [3.05, 3.63) is 70.4 Å². The summed E-state index contributed by atoms with van der Waals surface area (Å²) in [4.78, 5) is 26.9. The molecule has 0 saturated carbocycles. The van der Waals surface area contributed by atoms with Gasteiger partial charge in [0.05, 0.1) is 4.91 Å². The second kappa shape index (κ2) is 9.19. The van der Waals surface area contributed by atoms with Gasteiger partial charge in [-0.1, -0.05) is 48.2 Å². The zero-order chi connectivity index (χ0) is 21.0. The van der Waals surface area contributed by atoms with E-state index in [0.717, 1.165) is 17.3 Å². The summed E-state index contributed by atoms with van der Waals surface area (Å²) in [6, 6.07) is 11.8. The number of nitrogens with one attached hydrogen (secondary N) is 1. The Morgan fingerprint density at radius 3 is 2.55 bits per heavy atom. The van der Waals surface area contributed by atoms with E-state index < -0.39 is 6.04 Å². The monoisotopic (exact) mass is 430 g/mol. The molecule has 8 heteroatoms. The van der Waals surface area contributed by atoms with Gasteiger partial charge >= 0.3 is 0 Å². The first-order chi connectivity index (χ1) is 13.8. The smallest absolute Gasteiger partial charge is 0.266 e. The van der Waals surface area contributed by atoms with Crippen LogP contribution in [-0.2, 0) is 16.0 Å². The fourth-order valence-corrected chi connectivity index (χ4v) is 4.20. The summed E-state index contributed by atoms with van der Waals surface area (Å²) in [5.74, 6) is -0.810. The van der Waals surface area contributed by atoms with Gasteiger partial charge in [0.15, 0.2) is 0 Å². The molecule has 1 unspecified atom stereocenters. The highest BCUT2D eigenvalue weighted by Crippen LogP contribution is 2.34. The minimum absolute atomic E-state index is 0.189. The first kappa shape index (κ1) is 21.0. The van der Waals surface area contributed by atoms with Gasteiger partial charge in [0.25, 0.3) is 5.91 Å². The molecule has 5 nitrogen and oxygen atoms in total. The first-order valence-corrected chi connectivity index (χ1v) is 10.2. The van der Waals surface area contributed by atoms with Gasteiger partial charge in [-0.2, -0.15) is 0 Å². The van der Waals surface area contributed by atoms with Crippen LogP contribution in [0.3, 0.4) is 0 Å². The van der Waals surface area contributed by atoms with Crippen molar-refractivity contribution in [1.82, 2.24) is 10.2 Å². The van der Waals surface area contributed by atoms with E-state index in [0.29, 0.717) is 27.8 Å². The second-order valence-corrected chi connectivity index (χ2v) is 8.16. The molecule has 3 rings (SSSR count). The van der Waals surface area contributed by atoms with Gasteiger partial charge in [0.2, 0.25) is 5.91 Å². The van der Waals surface area contributed by atoms with Crippen molar-refractivity contribution in [2.45, 2.75) is 19.4 Å². The molecule has 1 aliphatic rings. The highest BCUT2D eigenvalue weighted by atomic mass is 32.2. The minimum atomic E-state index is -0.749. The van der Waals surface area contributed by atoms with Crippen LogP contribution in [0.15, 0.2) is 53.4 Å². The summed E-state index contributed by atoms with van der Waals surface area (Å²) in [6.45, 7) is 2.02. The van der Waals surface area contributed by atoms with Crippen molar-refractivity contribution in [1.29, 1.82) is 0 Å². The average Bonchev–Trinajstić information content (AvgIpc) is 2.97. The molecule has 1 atom stereocenters. The van der Waals surface area contributed by atoms with Crippen molar-refractivity contribution in [2.24, 2.45) is 0 Å². The molecule has 2 amide bonds. The van der Waals surface area contributed by atoms with Crippen molar-refractivity contribution >= 4 is 46.2 Å². The topological polar surface area (TPSA) is 69.6 Å². The van der Waals surface area contributed by atoms with E-state index in [-0.39, 0.29) is 23.4 Å². The maximum atomic E-state index is 13.0. The summed E-state index contributed by atoms with van der Waals surface area (Å²) in [5, 5.41) is 12.1. The van der Waals surface area contributed by atoms with Crippen LogP contribution in [0.5, 0.6) is 5.75 Å². The standard InChI is InChI=1S/C21H19FN2O3S2/c1-13(19(26)23-11-10-14-4-8-17(25)9-5-14)24-20(27)18(29-21(24)28)12-15-2-6-16(22)7-3-15/h2-9,12-13,25H,10-11H2,1H3,(H,23,26)/b18-12-. The number of amides is 2. The quantitative estimate of drug-likeness (QED) is 0.543. The molecule has 0 bridgehead atoms. The fourth-order valence-electron chi connectivity index (χ4n) is 2.78. The molecular formula is C21H19FN2O3S2. The summed E-state index contributed by atoms with van der Waals surface area (Å²) in [7, 11) is 0. The second-order valence-electron chi connectivity index (χ2n) is 6.49. The van der Waals surface area contributed by atoms with E-state index in [1.807, 2.05) is 0 Å². The summed E-state index contributed by atoms with van der Waals surface area (Å²) >= 11 is 6.41. The number of hydrogen-bond donors (Lipinski definition) is 2. The Bertz CT molecular complexity index is 959. The van der Waals surface area contributed by atoms with Gasteiger partial charge in [-0.25, -0.2) is 4.39 Å². The number of halogens is 1. The third kappa shape index (κ3) is 5.21. The molecule has 0 aliphatic carbocycles. The SMILES string of the molecule is CC(C(=O)NCCc1ccc(O)cc1)N1C(=O)/C(=C/c2ccc(F)cc2)SC1=S. The van der Waals surface area contributed by atoms with E-state index in [2.05, 4.69) is 5.32 Å². The van der Waals surface area contributed by atoms with Crippen LogP contribution < -0.4 is 5.32 Å². The van der Waals surface area contributed by atoms with Crippen LogP contribution in [0.1, 0.15) is 18.1 Å². The van der Waals surface area contributed by atoms with E-state index in [1.165, 1.54) is 17.0 Å². The number of nitrogens with zero attached hydrogens (tertiary/aromatic N) is 1. The van der Waals surface area contributed by atoms with E-state index in [9.17, 15) is 19.1 Å². The summed E-state index contributed by atoms with van der Waals surface area (Å²) in [6.07, 6.45) is 2.23. The number of hydrogen-bond acceptors (Lipinski definition) is 5. The molecule has 1 heterocycles. The Labute approximate surface area is 177 Å². The Hall–Kier alpha value is -2.71. The lowest BCUT2D eigenvalue weighted by Gasteiger charge is -2.22. The van der Waals surface area contributed by atoms with Crippen molar-refractivity contribution in [2.75, 3.05) is 6.54 Å². The van der Waals surface area contributed by atoms with E-state index in [1.54, 1.807) is 49.4 Å². The molecule has 2 aromatic rings. The number of carbonyl (C=O) groups is 2. The first-order valence-electron chi connectivity index (χ1n) is 8.93. The number of thiocarbonyl (C=S) groups is 1. The van der Waals surface area contributed by atoms with Gasteiger partial charge in [0, 0.05) is 6.54 Å². The number of benzene rings is 2. The predicted octanol–water partition coefficient (Wildman–Crippen LogP) is 3.48. The zero-order valence-corrected chi connectivity index (χ0v) is 17.2. The third-order valence-corrected chi connectivity index (χ3v) is 5.74. The Morgan fingerprint density at radius 2 is 1.90 bits per heavy atom. The van der Waals surface area contributed by atoms with Gasteiger partial charge in [-0.05, 0) is 54.8 Å². The lowest BCUT2D eigenvalue weighted by molar-refractivity contribution is -0.132. The lowest BCUT2D eigenvalue weighted by Crippen LogP contribution is -2.47. The van der Waals surface area contributed by atoms with Gasteiger partial charge < -0.3 is 10.4 Å². The zero-order valence-electron chi connectivity index (χ0n) is 15.6. The molecule has 1 fully saturated rings. The number of phenolic OH excluding ortho intramolecular Hbond substituents is 1. The van der Waals surface area contributed by atoms with Crippen molar-refractivity contribution < 1.29 is 19.1 Å². The average molecular weight is 431 g/mol. The van der Waals surface area contributed by atoms with Crippen LogP contribution in [0.4, 0.5) is 4.39 Å². The molecule has 2 N–H and O–H groups in total. The van der Waals surface area contributed by atoms with Gasteiger partial charge in [0.1, 0.15) is 21.9 Å². The normalized spacial score (nSPS) is 16.3. The Balaban J connectivity index is 1.60. The highest BCUT2D eigenvalue weighted by molar-refractivity contribution is 8.26. The maximum Gasteiger partial charge on any atom is 0.266 e. The lowest BCUT2D eigenvalue weighted by atomic mass is 10.1. The number of thioether (sulfide) groups is 1. The molecule has 0 aromatic heterocycles.